The van der Waals surface area contributed by atoms with Gasteiger partial charge in [-0.15, -0.1) is 0 Å². The molecule has 2 heterocycles. The number of hydrogen-bond donors (Lipinski definition) is 2. The number of nitrogens with zero attached hydrogens (tertiary/aromatic N) is 2. The first-order chi connectivity index (χ1) is 7.69. The van der Waals surface area contributed by atoms with Gasteiger partial charge in [0.1, 0.15) is 11.4 Å². The average molecular weight is 219 g/mol. The number of likely N-dealkylation sites (tertiary alicyclic amines) is 1. The van der Waals surface area contributed by atoms with E-state index in [0.717, 1.165) is 18.5 Å². The fourth-order valence-corrected chi connectivity index (χ4v) is 2.60. The molecule has 0 bridgehead atoms. The SMILES string of the molecule is Nc1ncccc1C1(O)CCN(C2CC2)C1. The van der Waals surface area contributed by atoms with Crippen LogP contribution in [-0.2, 0) is 5.60 Å². The zero-order valence-electron chi connectivity index (χ0n) is 9.26. The van der Waals surface area contributed by atoms with Crippen LogP contribution in [0.3, 0.4) is 0 Å². The minimum atomic E-state index is -0.791. The van der Waals surface area contributed by atoms with Crippen LogP contribution in [0.2, 0.25) is 0 Å². The first-order valence-electron chi connectivity index (χ1n) is 5.86. The Morgan fingerprint density at radius 2 is 2.31 bits per heavy atom. The van der Waals surface area contributed by atoms with E-state index in [1.54, 1.807) is 6.20 Å². The molecule has 1 saturated carbocycles. The summed E-state index contributed by atoms with van der Waals surface area (Å²) in [5.41, 5.74) is 5.83. The van der Waals surface area contributed by atoms with Crippen LogP contribution in [0.1, 0.15) is 24.8 Å². The quantitative estimate of drug-likeness (QED) is 0.769. The van der Waals surface area contributed by atoms with Gasteiger partial charge in [-0.05, 0) is 25.3 Å². The summed E-state index contributed by atoms with van der Waals surface area (Å²) in [6, 6.07) is 4.43. The number of hydrogen-bond acceptors (Lipinski definition) is 4. The van der Waals surface area contributed by atoms with Gasteiger partial charge in [-0.3, -0.25) is 4.90 Å². The van der Waals surface area contributed by atoms with Crippen molar-refractivity contribution in [3.8, 4) is 0 Å². The van der Waals surface area contributed by atoms with Gasteiger partial charge in [0.2, 0.25) is 0 Å². The van der Waals surface area contributed by atoms with Gasteiger partial charge in [-0.1, -0.05) is 6.07 Å². The van der Waals surface area contributed by atoms with E-state index in [-0.39, 0.29) is 0 Å². The molecule has 1 atom stereocenters. The van der Waals surface area contributed by atoms with E-state index in [4.69, 9.17) is 5.73 Å². The first kappa shape index (κ1) is 10.1. The maximum atomic E-state index is 10.6. The number of pyridine rings is 1. The van der Waals surface area contributed by atoms with E-state index in [2.05, 4.69) is 9.88 Å². The van der Waals surface area contributed by atoms with Crippen LogP contribution in [0.5, 0.6) is 0 Å². The second kappa shape index (κ2) is 3.43. The second-order valence-electron chi connectivity index (χ2n) is 4.92. The molecule has 4 heteroatoms. The lowest BCUT2D eigenvalue weighted by molar-refractivity contribution is 0.0457. The molecule has 0 amide bonds. The molecule has 86 valence electrons. The van der Waals surface area contributed by atoms with E-state index in [1.165, 1.54) is 12.8 Å². The molecule has 3 N–H and O–H groups in total. The Kier molecular flexibility index (Phi) is 2.16. The van der Waals surface area contributed by atoms with E-state index in [0.29, 0.717) is 18.4 Å². The minimum absolute atomic E-state index is 0.461. The number of nitrogen functional groups attached to an aromatic ring is 1. The van der Waals surface area contributed by atoms with E-state index < -0.39 is 5.60 Å². The monoisotopic (exact) mass is 219 g/mol. The Bertz CT molecular complexity index is 405. The lowest BCUT2D eigenvalue weighted by Gasteiger charge is -2.24. The molecule has 16 heavy (non-hydrogen) atoms. The van der Waals surface area contributed by atoms with Crippen LogP contribution in [0.25, 0.3) is 0 Å². The topological polar surface area (TPSA) is 62.4 Å². The van der Waals surface area contributed by atoms with Crippen LogP contribution in [-0.4, -0.2) is 34.1 Å². The van der Waals surface area contributed by atoms with Crippen LogP contribution >= 0.6 is 0 Å². The molecule has 0 aromatic carbocycles. The van der Waals surface area contributed by atoms with Crippen molar-refractivity contribution in [3.05, 3.63) is 23.9 Å². The van der Waals surface area contributed by atoms with Crippen molar-refractivity contribution in [1.29, 1.82) is 0 Å². The fraction of sp³-hybridized carbons (Fsp3) is 0.583. The number of nitrogens with two attached hydrogens (primary N) is 1. The predicted octanol–water partition coefficient (Wildman–Crippen LogP) is 0.719. The lowest BCUT2D eigenvalue weighted by Crippen LogP contribution is -2.32. The van der Waals surface area contributed by atoms with Crippen molar-refractivity contribution in [2.45, 2.75) is 30.9 Å². The molecule has 0 radical (unpaired) electrons. The first-order valence-corrected chi connectivity index (χ1v) is 5.86. The van der Waals surface area contributed by atoms with Crippen molar-refractivity contribution in [1.82, 2.24) is 9.88 Å². The fourth-order valence-electron chi connectivity index (χ4n) is 2.60. The highest BCUT2D eigenvalue weighted by Gasteiger charge is 2.43. The molecule has 2 aliphatic rings. The summed E-state index contributed by atoms with van der Waals surface area (Å²) < 4.78 is 0. The van der Waals surface area contributed by atoms with Gasteiger partial charge in [0, 0.05) is 30.9 Å². The molecular weight excluding hydrogens is 202 g/mol. The van der Waals surface area contributed by atoms with Gasteiger partial charge in [-0.2, -0.15) is 0 Å². The number of β-amino-alcohol motifs (C(OH)–C–C–N with tert-alkyl or cyclic N) is 1. The molecule has 1 aliphatic carbocycles. The molecule has 4 nitrogen and oxygen atoms in total. The number of anilines is 1. The number of aromatic nitrogens is 1. The molecule has 2 fully saturated rings. The average Bonchev–Trinajstić information content (AvgIpc) is 3.04. The second-order valence-corrected chi connectivity index (χ2v) is 4.92. The summed E-state index contributed by atoms with van der Waals surface area (Å²) >= 11 is 0. The van der Waals surface area contributed by atoms with Crippen molar-refractivity contribution >= 4 is 5.82 Å². The standard InChI is InChI=1S/C12H17N3O/c13-11-10(2-1-6-14-11)12(16)5-7-15(8-12)9-3-4-9/h1-2,6,9,16H,3-5,7-8H2,(H2,13,14). The Morgan fingerprint density at radius 3 is 3.00 bits per heavy atom. The zero-order valence-corrected chi connectivity index (χ0v) is 9.26. The third-order valence-electron chi connectivity index (χ3n) is 3.68. The van der Waals surface area contributed by atoms with Crippen molar-refractivity contribution < 1.29 is 5.11 Å². The van der Waals surface area contributed by atoms with E-state index in [1.807, 2.05) is 12.1 Å². The third-order valence-corrected chi connectivity index (χ3v) is 3.68. The van der Waals surface area contributed by atoms with Crippen LogP contribution < -0.4 is 5.73 Å². The summed E-state index contributed by atoms with van der Waals surface area (Å²) in [5, 5.41) is 10.6. The van der Waals surface area contributed by atoms with E-state index in [9.17, 15) is 5.11 Å². The maximum Gasteiger partial charge on any atom is 0.129 e. The van der Waals surface area contributed by atoms with Crippen molar-refractivity contribution in [2.24, 2.45) is 0 Å². The predicted molar refractivity (Wildman–Crippen MR) is 61.8 cm³/mol. The maximum absolute atomic E-state index is 10.6. The number of rotatable bonds is 2. The van der Waals surface area contributed by atoms with Gasteiger partial charge in [0.25, 0.3) is 0 Å². The third kappa shape index (κ3) is 1.58. The zero-order chi connectivity index (χ0) is 11.2. The van der Waals surface area contributed by atoms with Crippen LogP contribution in [0.4, 0.5) is 5.82 Å². The van der Waals surface area contributed by atoms with Gasteiger partial charge in [0.15, 0.2) is 0 Å². The summed E-state index contributed by atoms with van der Waals surface area (Å²) in [7, 11) is 0. The van der Waals surface area contributed by atoms with Crippen LogP contribution in [0.15, 0.2) is 18.3 Å². The molecule has 1 aromatic heterocycles. The summed E-state index contributed by atoms with van der Waals surface area (Å²) in [6.07, 6.45) is 4.98. The van der Waals surface area contributed by atoms with Gasteiger partial charge >= 0.3 is 0 Å². The molecule has 1 unspecified atom stereocenters. The summed E-state index contributed by atoms with van der Waals surface area (Å²) in [5.74, 6) is 0.461. The lowest BCUT2D eigenvalue weighted by atomic mass is 9.93. The highest BCUT2D eigenvalue weighted by Crippen LogP contribution is 2.39. The Balaban J connectivity index is 1.86. The minimum Gasteiger partial charge on any atom is -0.384 e. The summed E-state index contributed by atoms with van der Waals surface area (Å²) in [4.78, 5) is 6.42. The normalized spacial score (nSPS) is 30.8. The van der Waals surface area contributed by atoms with Gasteiger partial charge in [-0.25, -0.2) is 4.98 Å². The molecule has 1 aromatic rings. The largest absolute Gasteiger partial charge is 0.384 e. The summed E-state index contributed by atoms with van der Waals surface area (Å²) in [6.45, 7) is 1.67. The van der Waals surface area contributed by atoms with E-state index >= 15 is 0 Å². The van der Waals surface area contributed by atoms with Gasteiger partial charge < -0.3 is 10.8 Å². The Morgan fingerprint density at radius 1 is 1.50 bits per heavy atom. The smallest absolute Gasteiger partial charge is 0.129 e. The molecule has 1 aliphatic heterocycles. The molecule has 0 spiro atoms. The molecule has 1 saturated heterocycles. The molecular formula is C12H17N3O. The van der Waals surface area contributed by atoms with Crippen LogP contribution in [0, 0.1) is 0 Å². The highest BCUT2D eigenvalue weighted by molar-refractivity contribution is 5.43. The van der Waals surface area contributed by atoms with Crippen molar-refractivity contribution in [3.63, 3.8) is 0 Å². The van der Waals surface area contributed by atoms with Crippen molar-refractivity contribution in [2.75, 3.05) is 18.8 Å². The highest BCUT2D eigenvalue weighted by atomic mass is 16.3. The Hall–Kier alpha value is -1.13. The van der Waals surface area contributed by atoms with Gasteiger partial charge in [0.05, 0.1) is 0 Å². The number of aliphatic hydroxyl groups is 1. The molecule has 3 rings (SSSR count). The Labute approximate surface area is 95.1 Å².